The lowest BCUT2D eigenvalue weighted by atomic mass is 9.96. The summed E-state index contributed by atoms with van der Waals surface area (Å²) in [5.74, 6) is -3.49. The Morgan fingerprint density at radius 3 is 2.37 bits per heavy atom. The first-order valence-corrected chi connectivity index (χ1v) is 11.7. The second-order valence-corrected chi connectivity index (χ2v) is 8.78. The van der Waals surface area contributed by atoms with E-state index in [2.05, 4.69) is 20.7 Å². The first-order valence-electron chi connectivity index (χ1n) is 11.7. The molecule has 3 rings (SSSR count). The van der Waals surface area contributed by atoms with E-state index >= 15 is 0 Å². The summed E-state index contributed by atoms with van der Waals surface area (Å²) < 4.78 is 88.6. The number of nitrogens with one attached hydrogen (secondary N) is 3. The van der Waals surface area contributed by atoms with Gasteiger partial charge in [-0.05, 0) is 0 Å². The zero-order chi connectivity index (χ0) is 27.9. The van der Waals surface area contributed by atoms with Crippen LogP contribution < -0.4 is 21.1 Å². The quantitative estimate of drug-likeness (QED) is 0.276. The first-order chi connectivity index (χ1) is 17.9. The summed E-state index contributed by atoms with van der Waals surface area (Å²) in [6.07, 6.45) is -7.82. The number of hydrogen-bond acceptors (Lipinski definition) is 9. The van der Waals surface area contributed by atoms with E-state index in [1.807, 2.05) is 5.43 Å². The molecule has 3 heterocycles. The molecule has 0 radical (unpaired) electrons. The van der Waals surface area contributed by atoms with E-state index < -0.39 is 41.8 Å². The molecule has 1 aromatic heterocycles. The molecular weight excluding hydrogens is 528 g/mol. The molecule has 38 heavy (non-hydrogen) atoms. The Kier molecular flexibility index (Phi) is 10.1. The van der Waals surface area contributed by atoms with Crippen molar-refractivity contribution >= 4 is 17.8 Å². The number of anilines is 1. The molecule has 0 saturated carbocycles. The molecule has 0 bridgehead atoms. The van der Waals surface area contributed by atoms with Crippen molar-refractivity contribution in [2.24, 2.45) is 5.92 Å². The van der Waals surface area contributed by atoms with Crippen molar-refractivity contribution in [3.05, 3.63) is 18.0 Å². The number of alkyl halides is 6. The maximum atomic E-state index is 13.3. The van der Waals surface area contributed by atoms with E-state index in [4.69, 9.17) is 9.47 Å². The number of rotatable bonds is 10. The van der Waals surface area contributed by atoms with Gasteiger partial charge in [0.2, 0.25) is 17.8 Å². The van der Waals surface area contributed by atoms with Gasteiger partial charge < -0.3 is 24.6 Å². The minimum atomic E-state index is -4.74. The fourth-order valence-corrected chi connectivity index (χ4v) is 4.14. The number of piperazine rings is 1. The molecule has 0 aromatic carbocycles. The van der Waals surface area contributed by atoms with Crippen molar-refractivity contribution in [2.75, 3.05) is 64.6 Å². The number of carbonyl (C=O) groups excluding carboxylic acids is 2. The molecule has 2 unspecified atom stereocenters. The van der Waals surface area contributed by atoms with Gasteiger partial charge in [-0.2, -0.15) is 26.3 Å². The standard InChI is InChI=1S/C21H29F6N7O4/c1-37-11-14(31-15-10-30-32-18(36)17(15)21(25,26)27)12-38-7-2-16(35)33-3-5-34(6-4-33)19-28-8-13(9-29-19)20(22,23)24/h8-9,14-15,17,30-31H,2-7,10-12H2,1H3,(H,32,36)/t14-,15?,17?/m0/s1. The third kappa shape index (κ3) is 8.12. The van der Waals surface area contributed by atoms with Gasteiger partial charge in [0.1, 0.15) is 0 Å². The molecule has 2 amide bonds. The fraction of sp³-hybridized carbons (Fsp3) is 0.714. The van der Waals surface area contributed by atoms with Crippen LogP contribution in [0.15, 0.2) is 12.4 Å². The monoisotopic (exact) mass is 557 g/mol. The molecular formula is C21H29F6N7O4. The van der Waals surface area contributed by atoms with Gasteiger partial charge in [0, 0.05) is 58.3 Å². The summed E-state index contributed by atoms with van der Waals surface area (Å²) >= 11 is 0. The molecule has 3 N–H and O–H groups in total. The summed E-state index contributed by atoms with van der Waals surface area (Å²) in [5, 5.41) is 2.76. The largest absolute Gasteiger partial charge is 0.419 e. The van der Waals surface area contributed by atoms with Gasteiger partial charge in [-0.15, -0.1) is 0 Å². The second-order valence-electron chi connectivity index (χ2n) is 8.78. The van der Waals surface area contributed by atoms with Crippen molar-refractivity contribution in [3.8, 4) is 0 Å². The average molecular weight is 557 g/mol. The summed E-state index contributed by atoms with van der Waals surface area (Å²) in [5.41, 5.74) is 3.46. The summed E-state index contributed by atoms with van der Waals surface area (Å²) in [6.45, 7) is 1.11. The van der Waals surface area contributed by atoms with E-state index in [1.165, 1.54) is 7.11 Å². The molecule has 3 atom stereocenters. The second kappa shape index (κ2) is 12.9. The van der Waals surface area contributed by atoms with Crippen LogP contribution in [0.1, 0.15) is 12.0 Å². The van der Waals surface area contributed by atoms with Crippen molar-refractivity contribution in [1.29, 1.82) is 0 Å². The lowest BCUT2D eigenvalue weighted by molar-refractivity contribution is -0.193. The normalized spacial score (nSPS) is 21.8. The highest BCUT2D eigenvalue weighted by Crippen LogP contribution is 2.30. The Morgan fingerprint density at radius 2 is 1.79 bits per heavy atom. The lowest BCUT2D eigenvalue weighted by Gasteiger charge is -2.35. The zero-order valence-electron chi connectivity index (χ0n) is 20.4. The number of hydrazine groups is 1. The average Bonchev–Trinajstić information content (AvgIpc) is 2.85. The summed E-state index contributed by atoms with van der Waals surface area (Å²) in [7, 11) is 1.38. The van der Waals surface area contributed by atoms with Crippen molar-refractivity contribution in [1.82, 2.24) is 31.0 Å². The number of methoxy groups -OCH3 is 1. The fourth-order valence-electron chi connectivity index (χ4n) is 4.14. The molecule has 2 fully saturated rings. The van der Waals surface area contributed by atoms with Crippen molar-refractivity contribution < 1.29 is 45.4 Å². The van der Waals surface area contributed by atoms with E-state index in [0.717, 1.165) is 0 Å². The zero-order valence-corrected chi connectivity index (χ0v) is 20.4. The number of amides is 2. The van der Waals surface area contributed by atoms with Crippen LogP contribution >= 0.6 is 0 Å². The van der Waals surface area contributed by atoms with E-state index in [-0.39, 0.29) is 44.6 Å². The Labute approximate surface area is 214 Å². The van der Waals surface area contributed by atoms with E-state index in [9.17, 15) is 35.9 Å². The Balaban J connectivity index is 1.41. The molecule has 17 heteroatoms. The molecule has 2 saturated heterocycles. The van der Waals surface area contributed by atoms with E-state index in [1.54, 1.807) is 9.80 Å². The summed E-state index contributed by atoms with van der Waals surface area (Å²) in [4.78, 5) is 35.0. The van der Waals surface area contributed by atoms with Gasteiger partial charge in [-0.25, -0.2) is 15.4 Å². The third-order valence-corrected chi connectivity index (χ3v) is 6.05. The SMILES string of the molecule is COC[C@@H](COCCC(=O)N1CCN(c2ncc(C(F)(F)F)cn2)CC1)NC1CNNC(=O)C1C(F)(F)F. The minimum absolute atomic E-state index is 0.00899. The topological polar surface area (TPSA) is 121 Å². The molecule has 11 nitrogen and oxygen atoms in total. The summed E-state index contributed by atoms with van der Waals surface area (Å²) in [6, 6.07) is -1.90. The van der Waals surface area contributed by atoms with Crippen LogP contribution in [0.3, 0.4) is 0 Å². The number of hydrogen-bond donors (Lipinski definition) is 3. The first kappa shape index (κ1) is 29.8. The maximum Gasteiger partial charge on any atom is 0.419 e. The van der Waals surface area contributed by atoms with Gasteiger partial charge in [0.25, 0.3) is 0 Å². The molecule has 0 aliphatic carbocycles. The Hall–Kier alpha value is -2.76. The molecule has 1 aromatic rings. The predicted octanol–water partition coefficient (Wildman–Crippen LogP) is 0.337. The number of carbonyl (C=O) groups is 2. The highest BCUT2D eigenvalue weighted by Gasteiger charge is 2.51. The Bertz CT molecular complexity index is 926. The highest BCUT2D eigenvalue weighted by molar-refractivity contribution is 5.80. The van der Waals surface area contributed by atoms with Gasteiger partial charge in [0.05, 0.1) is 37.8 Å². The highest BCUT2D eigenvalue weighted by atomic mass is 19.4. The molecule has 214 valence electrons. The van der Waals surface area contributed by atoms with Gasteiger partial charge in [-0.1, -0.05) is 0 Å². The van der Waals surface area contributed by atoms with Crippen LogP contribution in [-0.4, -0.2) is 105 Å². The van der Waals surface area contributed by atoms with Gasteiger partial charge >= 0.3 is 12.4 Å². The minimum Gasteiger partial charge on any atom is -0.383 e. The van der Waals surface area contributed by atoms with Crippen LogP contribution in [0.2, 0.25) is 0 Å². The molecule has 0 spiro atoms. The predicted molar refractivity (Wildman–Crippen MR) is 120 cm³/mol. The maximum absolute atomic E-state index is 13.3. The lowest BCUT2D eigenvalue weighted by Crippen LogP contribution is -2.65. The number of ether oxygens (including phenoxy) is 2. The van der Waals surface area contributed by atoms with Crippen molar-refractivity contribution in [3.63, 3.8) is 0 Å². The van der Waals surface area contributed by atoms with Gasteiger partial charge in [-0.3, -0.25) is 15.0 Å². The van der Waals surface area contributed by atoms with Gasteiger partial charge in [0.15, 0.2) is 5.92 Å². The van der Waals surface area contributed by atoms with Crippen LogP contribution in [0, 0.1) is 5.92 Å². The van der Waals surface area contributed by atoms with E-state index in [0.29, 0.717) is 38.6 Å². The van der Waals surface area contributed by atoms with Crippen LogP contribution in [0.4, 0.5) is 32.3 Å². The number of halogens is 6. The molecule has 2 aliphatic rings. The van der Waals surface area contributed by atoms with Crippen molar-refractivity contribution in [2.45, 2.75) is 30.9 Å². The smallest absolute Gasteiger partial charge is 0.383 e. The Morgan fingerprint density at radius 1 is 1.13 bits per heavy atom. The molecule has 2 aliphatic heterocycles. The van der Waals surface area contributed by atoms with Crippen LogP contribution in [-0.2, 0) is 25.2 Å². The van der Waals surface area contributed by atoms with Crippen LogP contribution in [0.25, 0.3) is 0 Å². The number of nitrogens with zero attached hydrogens (tertiary/aromatic N) is 4. The number of aromatic nitrogens is 2. The van der Waals surface area contributed by atoms with Crippen LogP contribution in [0.5, 0.6) is 0 Å². The third-order valence-electron chi connectivity index (χ3n) is 6.05.